The molecule has 0 saturated heterocycles. The maximum absolute atomic E-state index is 13.2. The highest BCUT2D eigenvalue weighted by Crippen LogP contribution is 2.33. The van der Waals surface area contributed by atoms with E-state index >= 15 is 0 Å². The van der Waals surface area contributed by atoms with E-state index in [9.17, 15) is 14.0 Å². The summed E-state index contributed by atoms with van der Waals surface area (Å²) in [6.07, 6.45) is 3.91. The molecule has 25 heavy (non-hydrogen) atoms. The number of carbonyl (C=O) groups is 1. The lowest BCUT2D eigenvalue weighted by Crippen LogP contribution is -2.32. The van der Waals surface area contributed by atoms with Crippen molar-refractivity contribution < 1.29 is 9.18 Å². The fraction of sp³-hybridized carbons (Fsp3) is 0.389. The summed E-state index contributed by atoms with van der Waals surface area (Å²) < 4.78 is 14.9. The van der Waals surface area contributed by atoms with Crippen molar-refractivity contribution in [3.05, 3.63) is 51.7 Å². The molecule has 130 valence electrons. The number of hydrogen-bond acceptors (Lipinski definition) is 4. The van der Waals surface area contributed by atoms with Gasteiger partial charge < -0.3 is 5.32 Å². The Hall–Kier alpha value is -2.15. The van der Waals surface area contributed by atoms with Crippen molar-refractivity contribution in [1.82, 2.24) is 9.55 Å². The smallest absolute Gasteiger partial charge is 0.257 e. The van der Waals surface area contributed by atoms with Gasteiger partial charge in [-0.15, -0.1) is 0 Å². The molecular weight excluding hydrogens is 341 g/mol. The van der Waals surface area contributed by atoms with Gasteiger partial charge in [-0.2, -0.15) is 0 Å². The van der Waals surface area contributed by atoms with Gasteiger partial charge in [-0.1, -0.05) is 17.8 Å². The van der Waals surface area contributed by atoms with E-state index in [-0.39, 0.29) is 23.9 Å². The van der Waals surface area contributed by atoms with Crippen LogP contribution in [0.15, 0.2) is 34.2 Å². The average Bonchev–Trinajstić information content (AvgIpc) is 2.98. The van der Waals surface area contributed by atoms with Gasteiger partial charge in [0.1, 0.15) is 5.82 Å². The minimum Gasteiger partial charge on any atom is -0.326 e. The van der Waals surface area contributed by atoms with Crippen LogP contribution >= 0.6 is 11.8 Å². The predicted octanol–water partition coefficient (Wildman–Crippen LogP) is 2.94. The Morgan fingerprint density at radius 2 is 2.20 bits per heavy atom. The molecular formula is C18H18FN3O2S. The Balaban J connectivity index is 1.54. The van der Waals surface area contributed by atoms with E-state index in [4.69, 9.17) is 0 Å². The van der Waals surface area contributed by atoms with Crippen LogP contribution in [-0.2, 0) is 17.6 Å². The third-order valence-corrected chi connectivity index (χ3v) is 5.75. The predicted molar refractivity (Wildman–Crippen MR) is 94.5 cm³/mol. The van der Waals surface area contributed by atoms with Crippen molar-refractivity contribution in [3.8, 4) is 0 Å². The summed E-state index contributed by atoms with van der Waals surface area (Å²) in [5.41, 5.74) is 2.17. The summed E-state index contributed by atoms with van der Waals surface area (Å²) >= 11 is 1.53. The molecule has 0 radical (unpaired) electrons. The van der Waals surface area contributed by atoms with Crippen molar-refractivity contribution in [2.24, 2.45) is 0 Å². The van der Waals surface area contributed by atoms with E-state index in [1.807, 2.05) is 0 Å². The Morgan fingerprint density at radius 3 is 3.04 bits per heavy atom. The number of halogens is 1. The maximum atomic E-state index is 13.2. The van der Waals surface area contributed by atoms with Gasteiger partial charge >= 0.3 is 0 Å². The van der Waals surface area contributed by atoms with E-state index in [0.29, 0.717) is 16.6 Å². The van der Waals surface area contributed by atoms with Crippen LogP contribution < -0.4 is 10.9 Å². The van der Waals surface area contributed by atoms with Gasteiger partial charge in [0.2, 0.25) is 5.91 Å². The number of anilines is 1. The molecule has 0 spiro atoms. The first kappa shape index (κ1) is 16.3. The van der Waals surface area contributed by atoms with E-state index in [0.717, 1.165) is 36.9 Å². The molecule has 4 rings (SSSR count). The molecule has 7 heteroatoms. The first-order chi connectivity index (χ1) is 12.1. The molecule has 0 fully saturated rings. The number of amides is 1. The molecule has 1 aromatic carbocycles. The van der Waals surface area contributed by atoms with Crippen LogP contribution in [0.5, 0.6) is 0 Å². The molecule has 1 aliphatic carbocycles. The number of carbonyl (C=O) groups excluding carboxylic acids is 1. The molecule has 0 saturated carbocycles. The summed E-state index contributed by atoms with van der Waals surface area (Å²) in [7, 11) is 0. The molecule has 2 heterocycles. The number of benzene rings is 1. The molecule has 1 aromatic heterocycles. The molecule has 1 N–H and O–H groups in total. The van der Waals surface area contributed by atoms with Crippen LogP contribution in [0.3, 0.4) is 0 Å². The number of aromatic nitrogens is 2. The maximum Gasteiger partial charge on any atom is 0.257 e. The second-order valence-electron chi connectivity index (χ2n) is 6.43. The average molecular weight is 359 g/mol. The summed E-state index contributed by atoms with van der Waals surface area (Å²) in [5, 5.41) is 3.42. The second-order valence-corrected chi connectivity index (χ2v) is 7.42. The second kappa shape index (κ2) is 6.63. The third-order valence-electron chi connectivity index (χ3n) is 4.65. The molecule has 1 atom stereocenters. The Labute approximate surface area is 148 Å². The molecule has 2 aromatic rings. The van der Waals surface area contributed by atoms with Crippen LogP contribution in [0.1, 0.15) is 36.6 Å². The normalized spacial score (nSPS) is 18.5. The van der Waals surface area contributed by atoms with Crippen molar-refractivity contribution in [3.63, 3.8) is 0 Å². The van der Waals surface area contributed by atoms with E-state index < -0.39 is 5.82 Å². The van der Waals surface area contributed by atoms with Gasteiger partial charge in [0.05, 0.1) is 11.7 Å². The van der Waals surface area contributed by atoms with Crippen molar-refractivity contribution in [2.45, 2.75) is 43.3 Å². The Morgan fingerprint density at radius 1 is 1.36 bits per heavy atom. The van der Waals surface area contributed by atoms with Crippen LogP contribution in [0.2, 0.25) is 0 Å². The van der Waals surface area contributed by atoms with Gasteiger partial charge in [0.25, 0.3) is 5.56 Å². The molecule has 1 aliphatic heterocycles. The topological polar surface area (TPSA) is 64.0 Å². The first-order valence-corrected chi connectivity index (χ1v) is 9.43. The molecule has 5 nitrogen and oxygen atoms in total. The van der Waals surface area contributed by atoms with Crippen LogP contribution in [-0.4, -0.2) is 21.2 Å². The zero-order chi connectivity index (χ0) is 17.4. The fourth-order valence-corrected chi connectivity index (χ4v) is 4.61. The number of nitrogens with one attached hydrogen (secondary N) is 1. The number of aryl methyl sites for hydroxylation is 1. The quantitative estimate of drug-likeness (QED) is 0.856. The molecule has 2 aliphatic rings. The van der Waals surface area contributed by atoms with Crippen LogP contribution in [0.4, 0.5) is 10.1 Å². The summed E-state index contributed by atoms with van der Waals surface area (Å²) in [6.45, 7) is 0. The highest BCUT2D eigenvalue weighted by molar-refractivity contribution is 7.99. The summed E-state index contributed by atoms with van der Waals surface area (Å²) in [4.78, 5) is 29.8. The lowest BCUT2D eigenvalue weighted by Gasteiger charge is -2.18. The van der Waals surface area contributed by atoms with E-state index in [1.54, 1.807) is 16.7 Å². The number of thioether (sulfide) groups is 1. The highest BCUT2D eigenvalue weighted by Gasteiger charge is 2.30. The first-order valence-electron chi connectivity index (χ1n) is 8.44. The molecule has 1 amide bonds. The van der Waals surface area contributed by atoms with Gasteiger partial charge in [-0.25, -0.2) is 9.37 Å². The van der Waals surface area contributed by atoms with Gasteiger partial charge in [0, 0.05) is 23.4 Å². The van der Waals surface area contributed by atoms with E-state index in [2.05, 4.69) is 10.3 Å². The minimum atomic E-state index is -0.397. The SMILES string of the molecule is O=C(CC1CSc2nc3c(c(=O)n21)CCCC3)Nc1cccc(F)c1. The number of fused-ring (bicyclic) bond motifs is 2. The van der Waals surface area contributed by atoms with Crippen LogP contribution in [0.25, 0.3) is 0 Å². The lowest BCUT2D eigenvalue weighted by molar-refractivity contribution is -0.116. The Bertz CT molecular complexity index is 896. The van der Waals surface area contributed by atoms with Crippen LogP contribution in [0, 0.1) is 5.82 Å². The van der Waals surface area contributed by atoms with Gasteiger partial charge in [-0.3, -0.25) is 14.2 Å². The number of rotatable bonds is 3. The molecule has 1 unspecified atom stereocenters. The number of nitrogens with zero attached hydrogens (tertiary/aromatic N) is 2. The zero-order valence-corrected chi connectivity index (χ0v) is 14.4. The standard InChI is InChI=1S/C18H18FN3O2S/c19-11-4-3-5-12(8-11)20-16(23)9-13-10-25-18-21-15-7-2-1-6-14(15)17(24)22(13)18/h3-5,8,13H,1-2,6-7,9-10H2,(H,20,23). The fourth-order valence-electron chi connectivity index (χ4n) is 3.46. The van der Waals surface area contributed by atoms with E-state index in [1.165, 1.54) is 23.9 Å². The van der Waals surface area contributed by atoms with Crippen molar-refractivity contribution >= 4 is 23.4 Å². The zero-order valence-electron chi connectivity index (χ0n) is 13.6. The van der Waals surface area contributed by atoms with Crippen molar-refractivity contribution in [1.29, 1.82) is 0 Å². The highest BCUT2D eigenvalue weighted by atomic mass is 32.2. The van der Waals surface area contributed by atoms with Gasteiger partial charge in [-0.05, 0) is 43.9 Å². The lowest BCUT2D eigenvalue weighted by atomic mass is 9.97. The summed E-state index contributed by atoms with van der Waals surface area (Å²) in [6, 6.07) is 5.59. The number of hydrogen-bond donors (Lipinski definition) is 1. The molecule has 0 bridgehead atoms. The largest absolute Gasteiger partial charge is 0.326 e. The third kappa shape index (κ3) is 3.20. The van der Waals surface area contributed by atoms with Gasteiger partial charge in [0.15, 0.2) is 5.16 Å². The monoisotopic (exact) mass is 359 g/mol. The van der Waals surface area contributed by atoms with Crippen molar-refractivity contribution in [2.75, 3.05) is 11.1 Å². The minimum absolute atomic E-state index is 0.00764. The Kier molecular flexibility index (Phi) is 4.33. The summed E-state index contributed by atoms with van der Waals surface area (Å²) in [5.74, 6) is 0.0297.